The molecule has 1 aromatic heterocycles. The molecule has 0 saturated carbocycles. The third-order valence-corrected chi connectivity index (χ3v) is 6.22. The number of fused-ring (bicyclic) bond motifs is 2. The number of carboxylic acid groups (broad SMARTS) is 2. The van der Waals surface area contributed by atoms with E-state index in [9.17, 15) is 24.3 Å². The van der Waals surface area contributed by atoms with Crippen LogP contribution in [0, 0.1) is 5.92 Å². The minimum absolute atomic E-state index is 0.0829. The molecule has 3 heterocycles. The van der Waals surface area contributed by atoms with Crippen LogP contribution in [0.3, 0.4) is 0 Å². The number of carbonyl (C=O) groups excluding carboxylic acids is 1. The number of aryl methyl sites for hydroxylation is 1. The second kappa shape index (κ2) is 8.93. The summed E-state index contributed by atoms with van der Waals surface area (Å²) in [5, 5.41) is 21.6. The summed E-state index contributed by atoms with van der Waals surface area (Å²) in [6.45, 7) is 0.809. The number of nitrogen functional groups attached to an aromatic ring is 1. The normalized spacial score (nSPS) is 17.8. The van der Waals surface area contributed by atoms with Crippen LogP contribution in [-0.4, -0.2) is 55.5 Å². The lowest BCUT2D eigenvalue weighted by atomic mass is 9.90. The Hall–Kier alpha value is -3.89. The molecule has 2 aliphatic heterocycles. The number of aromatic amines is 1. The van der Waals surface area contributed by atoms with Crippen molar-refractivity contribution >= 4 is 29.6 Å². The molecule has 0 radical (unpaired) electrons. The highest BCUT2D eigenvalue weighted by Gasteiger charge is 2.36. The molecule has 174 valence electrons. The zero-order chi connectivity index (χ0) is 23.7. The largest absolute Gasteiger partial charge is 0.481 e. The summed E-state index contributed by atoms with van der Waals surface area (Å²) >= 11 is 0. The smallest absolute Gasteiger partial charge is 0.326 e. The second-order valence-corrected chi connectivity index (χ2v) is 8.48. The van der Waals surface area contributed by atoms with Gasteiger partial charge in [0, 0.05) is 25.1 Å². The third-order valence-electron chi connectivity index (χ3n) is 6.22. The minimum Gasteiger partial charge on any atom is -0.481 e. The van der Waals surface area contributed by atoms with Gasteiger partial charge in [0.25, 0.3) is 11.5 Å². The number of carboxylic acids is 2. The number of benzene rings is 1. The molecule has 2 aliphatic rings. The van der Waals surface area contributed by atoms with Gasteiger partial charge in [-0.1, -0.05) is 12.1 Å². The number of anilines is 2. The van der Waals surface area contributed by atoms with E-state index in [-0.39, 0.29) is 36.8 Å². The van der Waals surface area contributed by atoms with Gasteiger partial charge in [0.1, 0.15) is 11.9 Å². The number of hydrogen-bond donors (Lipinski definition) is 5. The van der Waals surface area contributed by atoms with Gasteiger partial charge in [-0.25, -0.2) is 4.79 Å². The molecule has 2 atom stereocenters. The summed E-state index contributed by atoms with van der Waals surface area (Å²) in [7, 11) is 0. The molecule has 33 heavy (non-hydrogen) atoms. The van der Waals surface area contributed by atoms with Crippen molar-refractivity contribution in [3.63, 3.8) is 0 Å². The Morgan fingerprint density at radius 2 is 2.06 bits per heavy atom. The molecule has 1 aromatic carbocycles. The first-order valence-electron chi connectivity index (χ1n) is 10.7. The van der Waals surface area contributed by atoms with Crippen LogP contribution in [0.1, 0.15) is 46.3 Å². The van der Waals surface area contributed by atoms with Crippen molar-refractivity contribution in [1.82, 2.24) is 14.9 Å². The Morgan fingerprint density at radius 1 is 1.27 bits per heavy atom. The van der Waals surface area contributed by atoms with E-state index in [4.69, 9.17) is 10.8 Å². The van der Waals surface area contributed by atoms with Gasteiger partial charge in [0.15, 0.2) is 0 Å². The van der Waals surface area contributed by atoms with Gasteiger partial charge in [-0.05, 0) is 48.8 Å². The number of carbonyl (C=O) groups is 3. The number of hydrogen-bond acceptors (Lipinski definition) is 7. The highest BCUT2D eigenvalue weighted by atomic mass is 16.4. The average molecular weight is 455 g/mol. The molecular formula is C22H25N5O6. The van der Waals surface area contributed by atoms with Crippen LogP contribution in [0.15, 0.2) is 23.0 Å². The predicted octanol–water partition coefficient (Wildman–Crippen LogP) is 0.843. The zero-order valence-electron chi connectivity index (χ0n) is 17.8. The average Bonchev–Trinajstić information content (AvgIpc) is 3.07. The summed E-state index contributed by atoms with van der Waals surface area (Å²) in [6, 6.07) is 4.28. The van der Waals surface area contributed by atoms with Gasteiger partial charge in [-0.15, -0.1) is 0 Å². The highest BCUT2D eigenvalue weighted by Crippen LogP contribution is 2.29. The summed E-state index contributed by atoms with van der Waals surface area (Å²) in [4.78, 5) is 55.3. The lowest BCUT2D eigenvalue weighted by molar-refractivity contribution is -0.143. The summed E-state index contributed by atoms with van der Waals surface area (Å²) in [5.74, 6) is -1.88. The number of nitrogens with two attached hydrogens (primary N) is 1. The van der Waals surface area contributed by atoms with E-state index in [1.807, 2.05) is 12.1 Å². The molecular weight excluding hydrogens is 430 g/mol. The molecule has 1 unspecified atom stereocenters. The Labute approximate surface area is 188 Å². The fourth-order valence-electron chi connectivity index (χ4n) is 4.50. The Morgan fingerprint density at radius 3 is 2.79 bits per heavy atom. The molecule has 0 bridgehead atoms. The summed E-state index contributed by atoms with van der Waals surface area (Å²) in [5.41, 5.74) is 8.14. The maximum atomic E-state index is 12.7. The van der Waals surface area contributed by atoms with Gasteiger partial charge < -0.3 is 26.2 Å². The van der Waals surface area contributed by atoms with Crippen LogP contribution in [0.25, 0.3) is 0 Å². The van der Waals surface area contributed by atoms with E-state index >= 15 is 0 Å². The van der Waals surface area contributed by atoms with Gasteiger partial charge in [-0.3, -0.25) is 19.4 Å². The van der Waals surface area contributed by atoms with Gasteiger partial charge in [0.05, 0.1) is 5.56 Å². The van der Waals surface area contributed by atoms with Gasteiger partial charge in [0.2, 0.25) is 5.95 Å². The fraction of sp³-hybridized carbons (Fsp3) is 0.409. The second-order valence-electron chi connectivity index (χ2n) is 8.48. The SMILES string of the molecule is Nc1nc2c(c(=O)[nH]1)CC(CCc1ccc3c(c1)CN([C@@H](CCC(=O)O)C(=O)O)C3=O)CN2. The van der Waals surface area contributed by atoms with Crippen LogP contribution < -0.4 is 16.6 Å². The zero-order valence-corrected chi connectivity index (χ0v) is 17.8. The van der Waals surface area contributed by atoms with E-state index in [1.165, 1.54) is 4.90 Å². The van der Waals surface area contributed by atoms with E-state index in [2.05, 4.69) is 15.3 Å². The monoisotopic (exact) mass is 455 g/mol. The van der Waals surface area contributed by atoms with Crippen molar-refractivity contribution in [2.24, 2.45) is 5.92 Å². The number of aliphatic carboxylic acids is 2. The lowest BCUT2D eigenvalue weighted by Gasteiger charge is -2.24. The molecule has 6 N–H and O–H groups in total. The Bertz CT molecular complexity index is 1180. The molecule has 4 rings (SSSR count). The van der Waals surface area contributed by atoms with Gasteiger partial charge >= 0.3 is 11.9 Å². The van der Waals surface area contributed by atoms with Crippen molar-refractivity contribution in [1.29, 1.82) is 0 Å². The minimum atomic E-state index is -1.21. The molecule has 11 nitrogen and oxygen atoms in total. The molecule has 2 aromatic rings. The summed E-state index contributed by atoms with van der Waals surface area (Å²) in [6.07, 6.45) is 1.65. The molecule has 0 saturated heterocycles. The van der Waals surface area contributed by atoms with Crippen LogP contribution in [0.4, 0.5) is 11.8 Å². The standard InChI is InChI=1S/C22H25N5O6/c23-22-25-18-15(19(30)26-22)8-12(9-24-18)2-1-11-3-4-14-13(7-11)10-27(20(14)31)16(21(32)33)5-6-17(28)29/h3-4,7,12,16H,1-2,5-6,8-10H2,(H,28,29)(H,32,33)(H4,23,24,25,26,30)/t12?,16-/m0/s1. The van der Waals surface area contributed by atoms with Crippen molar-refractivity contribution < 1.29 is 24.6 Å². The molecule has 11 heteroatoms. The molecule has 0 fully saturated rings. The number of aromatic nitrogens is 2. The third kappa shape index (κ3) is 4.66. The Balaban J connectivity index is 1.41. The summed E-state index contributed by atoms with van der Waals surface area (Å²) < 4.78 is 0. The van der Waals surface area contributed by atoms with Crippen molar-refractivity contribution in [2.45, 2.75) is 44.7 Å². The maximum absolute atomic E-state index is 12.7. The van der Waals surface area contributed by atoms with Crippen LogP contribution in [0.5, 0.6) is 0 Å². The van der Waals surface area contributed by atoms with Crippen molar-refractivity contribution in [3.8, 4) is 0 Å². The number of nitrogens with one attached hydrogen (secondary N) is 2. The van der Waals surface area contributed by atoms with Crippen LogP contribution >= 0.6 is 0 Å². The first-order valence-corrected chi connectivity index (χ1v) is 10.7. The molecule has 1 amide bonds. The van der Waals surface area contributed by atoms with Gasteiger partial charge in [-0.2, -0.15) is 4.98 Å². The molecule has 0 aliphatic carbocycles. The quantitative estimate of drug-likeness (QED) is 0.386. The number of amides is 1. The highest BCUT2D eigenvalue weighted by molar-refractivity contribution is 6.00. The first-order chi connectivity index (χ1) is 15.7. The lowest BCUT2D eigenvalue weighted by Crippen LogP contribution is -2.41. The van der Waals surface area contributed by atoms with E-state index < -0.39 is 23.9 Å². The Kier molecular flexibility index (Phi) is 6.03. The van der Waals surface area contributed by atoms with Crippen molar-refractivity contribution in [3.05, 3.63) is 50.8 Å². The van der Waals surface area contributed by atoms with Crippen molar-refractivity contribution in [2.75, 3.05) is 17.6 Å². The predicted molar refractivity (Wildman–Crippen MR) is 118 cm³/mol. The van der Waals surface area contributed by atoms with Crippen LogP contribution in [0.2, 0.25) is 0 Å². The van der Waals surface area contributed by atoms with E-state index in [1.54, 1.807) is 6.07 Å². The molecule has 0 spiro atoms. The topological polar surface area (TPSA) is 179 Å². The number of rotatable bonds is 8. The number of nitrogens with zero attached hydrogens (tertiary/aromatic N) is 2. The van der Waals surface area contributed by atoms with Crippen LogP contribution in [-0.2, 0) is 29.0 Å². The van der Waals surface area contributed by atoms with E-state index in [0.29, 0.717) is 29.9 Å². The fourth-order valence-corrected chi connectivity index (χ4v) is 4.50. The van der Waals surface area contributed by atoms with E-state index in [0.717, 1.165) is 24.0 Å². The maximum Gasteiger partial charge on any atom is 0.326 e. The number of H-pyrrole nitrogens is 1. The first kappa shape index (κ1) is 22.3.